The maximum atomic E-state index is 14.7. The van der Waals surface area contributed by atoms with Gasteiger partial charge in [0.15, 0.2) is 11.6 Å². The van der Waals surface area contributed by atoms with Gasteiger partial charge in [-0.05, 0) is 214 Å². The van der Waals surface area contributed by atoms with Crippen LogP contribution in [0.1, 0.15) is 117 Å². The topological polar surface area (TPSA) is 209 Å². The Kier molecular flexibility index (Phi) is 20.1. The number of fused-ring (bicyclic) bond motifs is 15. The fraction of sp³-hybridized carbons (Fsp3) is 0.278. The lowest BCUT2D eigenvalue weighted by molar-refractivity contribution is 0.0686. The van der Waals surface area contributed by atoms with E-state index in [1.54, 1.807) is 68.4 Å². The van der Waals surface area contributed by atoms with Gasteiger partial charge in [0.05, 0.1) is 69.4 Å². The molecule has 0 spiro atoms. The second-order valence-electron chi connectivity index (χ2n) is 33.2. The molecule has 15 heterocycles. The number of nitrogens with zero attached hydrogens (tertiary/aromatic N) is 15. The fourth-order valence-electron chi connectivity index (χ4n) is 19.0. The first-order valence-electron chi connectivity index (χ1n) is 42.6. The molecule has 5 amide bonds. The van der Waals surface area contributed by atoms with E-state index in [-0.39, 0.29) is 46.9 Å². The summed E-state index contributed by atoms with van der Waals surface area (Å²) in [5.74, 6) is -0.869. The lowest BCUT2D eigenvalue weighted by Crippen LogP contribution is -2.41. The quantitative estimate of drug-likeness (QED) is 0.105. The molecule has 5 aliphatic carbocycles. The standard InChI is InChI=1S/C20H18FN3O2.C20H19N3O2.C19H15ClFN3O.C19H16ClN3O.C19H15F2N3O/c1-26-16-7-4-12(11-14(16)21)17-18-15(3-2-8-22-18)24-10-9-23(13-5-6-13)20(25)19(17)24;1-25-15-8-4-13(5-9-15)17-18-16(3-2-10-21-18)23-12-11-22(14-6-7-14)20(24)19(17)23;20-11-3-6-13(14(21)10-11)16-17-15(2-1-7-22-17)24-9-8-23(12-4-5-12)19(25)18(16)24;20-13-4-1-3-12(11-13)16-17-15(5-2-8-21-17)23-10-9-22(14-6-7-14)19(24)18(16)23;20-11-3-6-14(21)13(10-11)16-17-15(2-1-7-22-17)24-9-8-23(12-4-5-12)19(25)18(16)24/h2-4,7-8,11,13H,5-6,9-10H2,1H3;2-5,8-10,14H,6-7,11-12H2,1H3;1-3,6-7,10,12H,4-5,8-9H2;1-5,8,11,14H,6-7,9-10H2;1-3,6-7,10,12H,4-5,8-9H2. The Morgan fingerprint density at radius 2 is 0.648 bits per heavy atom. The van der Waals surface area contributed by atoms with E-state index in [9.17, 15) is 41.5 Å². The van der Waals surface area contributed by atoms with E-state index in [0.717, 1.165) is 199 Å². The number of hydrogen-bond donors (Lipinski definition) is 0. The highest BCUT2D eigenvalue weighted by molar-refractivity contribution is 6.31. The van der Waals surface area contributed by atoms with E-state index in [4.69, 9.17) is 32.7 Å². The lowest BCUT2D eigenvalue weighted by Gasteiger charge is -2.29. The van der Waals surface area contributed by atoms with Gasteiger partial charge >= 0.3 is 0 Å². The summed E-state index contributed by atoms with van der Waals surface area (Å²) >= 11 is 12.1. The summed E-state index contributed by atoms with van der Waals surface area (Å²) in [5.41, 5.74) is 18.0. The van der Waals surface area contributed by atoms with Gasteiger partial charge < -0.3 is 56.8 Å². The summed E-state index contributed by atoms with van der Waals surface area (Å²) in [6.07, 6.45) is 19.3. The number of ether oxygens (including phenoxy) is 2. The molecule has 5 saturated carbocycles. The van der Waals surface area contributed by atoms with Gasteiger partial charge in [0.1, 0.15) is 51.7 Å². The third kappa shape index (κ3) is 14.1. The molecule has 5 fully saturated rings. The predicted octanol–water partition coefficient (Wildman–Crippen LogP) is 18.5. The van der Waals surface area contributed by atoms with E-state index in [1.165, 1.54) is 19.2 Å². The number of rotatable bonds is 12. The molecule has 0 unspecified atom stereocenters. The fourth-order valence-corrected chi connectivity index (χ4v) is 19.3. The SMILES string of the molecule is COc1ccc(-c2c3n(c4cccnc24)CCN(C2CC2)C3=O)cc1.COc1ccc(-c2c3n(c4cccnc24)CCN(C2CC2)C3=O)cc1F.O=C1c2c(-c3cc(F)ccc3F)c3ncccc3n2CCN1C1CC1.O=C1c2c(-c3ccc(Cl)cc3F)c3ncccc3n2CCN1C1CC1.O=C1c2c(-c3cccc(Cl)c3)c3ncccc3n2CCN1C1CC1. The first kappa shape index (κ1) is 79.0. The van der Waals surface area contributed by atoms with Crippen molar-refractivity contribution in [2.24, 2.45) is 0 Å². The molecule has 5 aliphatic heterocycles. The number of hydrogen-bond acceptors (Lipinski definition) is 12. The Labute approximate surface area is 724 Å². The molecule has 0 atom stereocenters. The third-order valence-corrected chi connectivity index (χ3v) is 26.0. The number of carbonyl (C=O) groups excluding carboxylic acids is 5. The van der Waals surface area contributed by atoms with E-state index in [2.05, 4.69) is 40.1 Å². The molecule has 0 radical (unpaired) electrons. The van der Waals surface area contributed by atoms with Crippen molar-refractivity contribution in [1.82, 2.24) is 72.3 Å². The van der Waals surface area contributed by atoms with Crippen molar-refractivity contribution in [1.29, 1.82) is 0 Å². The maximum Gasteiger partial charge on any atom is 0.271 e. The van der Waals surface area contributed by atoms with E-state index >= 15 is 0 Å². The van der Waals surface area contributed by atoms with Gasteiger partial charge in [-0.1, -0.05) is 53.5 Å². The second kappa shape index (κ2) is 31.8. The van der Waals surface area contributed by atoms with Crippen molar-refractivity contribution >= 4 is 108 Å². The van der Waals surface area contributed by atoms with Crippen LogP contribution < -0.4 is 9.47 Å². The Hall–Kier alpha value is -13.2. The Morgan fingerprint density at radius 3 is 1.00 bits per heavy atom. The summed E-state index contributed by atoms with van der Waals surface area (Å²) < 4.78 is 77.8. The van der Waals surface area contributed by atoms with Crippen molar-refractivity contribution in [3.8, 4) is 67.1 Å². The first-order valence-corrected chi connectivity index (χ1v) is 43.3. The minimum Gasteiger partial charge on any atom is -0.497 e. The second-order valence-corrected chi connectivity index (χ2v) is 34.1. The molecule has 125 heavy (non-hydrogen) atoms. The highest BCUT2D eigenvalue weighted by atomic mass is 35.5. The van der Waals surface area contributed by atoms with Gasteiger partial charge in [0.25, 0.3) is 29.5 Å². The number of benzene rings is 5. The molecule has 28 heteroatoms. The van der Waals surface area contributed by atoms with Crippen LogP contribution in [0.2, 0.25) is 10.0 Å². The Balaban J connectivity index is 0.0000000956. The minimum atomic E-state index is -0.557. The smallest absolute Gasteiger partial charge is 0.271 e. The largest absolute Gasteiger partial charge is 0.497 e. The third-order valence-electron chi connectivity index (χ3n) is 25.5. The van der Waals surface area contributed by atoms with Crippen molar-refractivity contribution in [3.63, 3.8) is 0 Å². The lowest BCUT2D eigenvalue weighted by atomic mass is 10.0. The van der Waals surface area contributed by atoms with Crippen LogP contribution in [0.15, 0.2) is 195 Å². The zero-order chi connectivity index (χ0) is 85.3. The normalized spacial score (nSPS) is 17.1. The van der Waals surface area contributed by atoms with Crippen molar-refractivity contribution in [3.05, 3.63) is 257 Å². The van der Waals surface area contributed by atoms with E-state index in [1.807, 2.05) is 135 Å². The average Bonchev–Trinajstić information content (AvgIpc) is 1.60. The van der Waals surface area contributed by atoms with Crippen LogP contribution >= 0.6 is 23.2 Å². The number of methoxy groups -OCH3 is 2. The van der Waals surface area contributed by atoms with Gasteiger partial charge in [-0.25, -0.2) is 17.6 Å². The number of aromatic nitrogens is 10. The van der Waals surface area contributed by atoms with Gasteiger partial charge in [0, 0.05) is 176 Å². The molecule has 630 valence electrons. The Morgan fingerprint density at radius 1 is 0.304 bits per heavy atom. The van der Waals surface area contributed by atoms with Crippen LogP contribution in [0.3, 0.4) is 0 Å². The minimum absolute atomic E-state index is 0.0166. The van der Waals surface area contributed by atoms with Crippen LogP contribution in [-0.4, -0.2) is 179 Å². The van der Waals surface area contributed by atoms with Crippen LogP contribution in [-0.2, 0) is 32.7 Å². The zero-order valence-corrected chi connectivity index (χ0v) is 69.8. The van der Waals surface area contributed by atoms with Crippen LogP contribution in [0.25, 0.3) is 111 Å². The average molecular weight is 1720 g/mol. The van der Waals surface area contributed by atoms with Crippen molar-refractivity contribution < 1.29 is 51.0 Å². The van der Waals surface area contributed by atoms with Crippen molar-refractivity contribution in [2.45, 2.75) is 127 Å². The van der Waals surface area contributed by atoms with Crippen LogP contribution in [0.4, 0.5) is 17.6 Å². The molecule has 22 nitrogen and oxygen atoms in total. The highest BCUT2D eigenvalue weighted by Gasteiger charge is 2.45. The molecule has 15 aromatic rings. The maximum absolute atomic E-state index is 14.7. The van der Waals surface area contributed by atoms with Gasteiger partial charge in [-0.3, -0.25) is 48.9 Å². The summed E-state index contributed by atoms with van der Waals surface area (Å²) in [4.78, 5) is 98.3. The summed E-state index contributed by atoms with van der Waals surface area (Å²) in [5, 5.41) is 0.997. The Bertz CT molecular complexity index is 6940. The van der Waals surface area contributed by atoms with E-state index < -0.39 is 23.3 Å². The molecular weight excluding hydrogens is 1630 g/mol. The molecule has 0 saturated heterocycles. The predicted molar refractivity (Wildman–Crippen MR) is 469 cm³/mol. The van der Waals surface area contributed by atoms with Crippen LogP contribution in [0.5, 0.6) is 11.5 Å². The van der Waals surface area contributed by atoms with Crippen LogP contribution in [0, 0.1) is 23.3 Å². The van der Waals surface area contributed by atoms with E-state index in [0.29, 0.717) is 123 Å². The monoisotopic (exact) mass is 1720 g/mol. The number of pyridine rings is 5. The van der Waals surface area contributed by atoms with Gasteiger partial charge in [0.2, 0.25) is 0 Å². The highest BCUT2D eigenvalue weighted by Crippen LogP contribution is 2.47. The zero-order valence-electron chi connectivity index (χ0n) is 68.3. The summed E-state index contributed by atoms with van der Waals surface area (Å²) in [6, 6.07) is 49.3. The number of carbonyl (C=O) groups is 5. The molecule has 10 aromatic heterocycles. The molecular formula is C97H83Cl2F4N15O7. The first-order chi connectivity index (χ1) is 61.0. The summed E-state index contributed by atoms with van der Waals surface area (Å²) in [6.45, 7) is 7.34. The molecule has 0 N–H and O–H groups in total. The molecule has 10 aliphatic rings. The number of halogens is 6. The molecule has 25 rings (SSSR count). The molecule has 5 aromatic carbocycles. The van der Waals surface area contributed by atoms with Gasteiger partial charge in [-0.15, -0.1) is 0 Å². The molecule has 0 bridgehead atoms. The van der Waals surface area contributed by atoms with Gasteiger partial charge in [-0.2, -0.15) is 0 Å². The number of amides is 5. The van der Waals surface area contributed by atoms with Crippen molar-refractivity contribution in [2.75, 3.05) is 46.9 Å². The summed E-state index contributed by atoms with van der Waals surface area (Å²) in [7, 11) is 3.09.